The molecule has 2 aromatic carbocycles. The van der Waals surface area contributed by atoms with Crippen molar-refractivity contribution in [2.45, 2.75) is 6.92 Å². The van der Waals surface area contributed by atoms with Crippen LogP contribution in [0.3, 0.4) is 0 Å². The van der Waals surface area contributed by atoms with E-state index >= 15 is 0 Å². The monoisotopic (exact) mass is 378 g/mol. The van der Waals surface area contributed by atoms with Gasteiger partial charge in [0.1, 0.15) is 6.61 Å². The van der Waals surface area contributed by atoms with Crippen molar-refractivity contribution in [1.29, 1.82) is 0 Å². The van der Waals surface area contributed by atoms with Gasteiger partial charge in [-0.15, -0.1) is 0 Å². The molecule has 0 radical (unpaired) electrons. The third-order valence-corrected chi connectivity index (χ3v) is 3.21. The van der Waals surface area contributed by atoms with Crippen LogP contribution in [0.2, 0.25) is 0 Å². The maximum absolute atomic E-state index is 12.1. The van der Waals surface area contributed by atoms with Crippen molar-refractivity contribution in [2.24, 2.45) is 0 Å². The molecule has 0 fully saturated rings. The number of esters is 2. The molecule has 2 aromatic rings. The lowest BCUT2D eigenvalue weighted by Crippen LogP contribution is -2.12. The summed E-state index contributed by atoms with van der Waals surface area (Å²) in [6.07, 6.45) is 0. The fourth-order valence-electron chi connectivity index (χ4n) is 1.92. The van der Waals surface area contributed by atoms with Crippen molar-refractivity contribution in [1.82, 2.24) is 0 Å². The number of Topliss-reactive ketones (excluding diaryl/α,β-unsaturated/α-hetero) is 1. The number of hydrogen-bond acceptors (Lipinski definition) is 10. The van der Waals surface area contributed by atoms with E-state index in [1.165, 1.54) is 6.92 Å². The first-order chi connectivity index (χ1) is 12.6. The van der Waals surface area contributed by atoms with Crippen molar-refractivity contribution in [3.8, 4) is 34.5 Å². The number of aromatic hydroxyl groups is 5. The van der Waals surface area contributed by atoms with Crippen LogP contribution < -0.4 is 4.74 Å². The lowest BCUT2D eigenvalue weighted by atomic mass is 10.1. The van der Waals surface area contributed by atoms with E-state index in [2.05, 4.69) is 4.74 Å². The summed E-state index contributed by atoms with van der Waals surface area (Å²) in [6.45, 7) is 0.679. The quantitative estimate of drug-likeness (QED) is 0.289. The molecular weight excluding hydrogens is 364 g/mol. The summed E-state index contributed by atoms with van der Waals surface area (Å²) >= 11 is 0. The minimum atomic E-state index is -1.19. The van der Waals surface area contributed by atoms with Crippen LogP contribution in [0.15, 0.2) is 24.3 Å². The molecule has 0 aliphatic heterocycles. The molecule has 0 saturated heterocycles. The molecule has 0 aliphatic rings. The van der Waals surface area contributed by atoms with Gasteiger partial charge in [0, 0.05) is 0 Å². The fraction of sp³-hybridized carbons (Fsp3) is 0.118. The molecule has 0 heterocycles. The van der Waals surface area contributed by atoms with Gasteiger partial charge in [-0.25, -0.2) is 9.59 Å². The molecule has 0 unspecified atom stereocenters. The number of hydrogen-bond donors (Lipinski definition) is 5. The van der Waals surface area contributed by atoms with Crippen LogP contribution in [0.25, 0.3) is 0 Å². The van der Waals surface area contributed by atoms with Gasteiger partial charge in [0.05, 0.1) is 11.1 Å². The Morgan fingerprint density at radius 1 is 0.778 bits per heavy atom. The van der Waals surface area contributed by atoms with E-state index in [1.807, 2.05) is 0 Å². The topological polar surface area (TPSA) is 171 Å². The number of ether oxygens (including phenoxy) is 2. The average Bonchev–Trinajstić information content (AvgIpc) is 2.60. The molecule has 142 valence electrons. The molecule has 0 aromatic heterocycles. The lowest BCUT2D eigenvalue weighted by molar-refractivity contribution is -0.120. The third-order valence-electron chi connectivity index (χ3n) is 3.21. The van der Waals surface area contributed by atoms with E-state index in [1.54, 1.807) is 0 Å². The van der Waals surface area contributed by atoms with Crippen LogP contribution in [-0.2, 0) is 9.53 Å². The molecule has 2 rings (SSSR count). The van der Waals surface area contributed by atoms with Crippen molar-refractivity contribution in [2.75, 3.05) is 6.61 Å². The summed E-state index contributed by atoms with van der Waals surface area (Å²) < 4.78 is 9.51. The Bertz CT molecular complexity index is 909. The summed E-state index contributed by atoms with van der Waals surface area (Å²) in [5.74, 6) is -7.35. The predicted octanol–water partition coefficient (Wildman–Crippen LogP) is 1.18. The van der Waals surface area contributed by atoms with E-state index in [4.69, 9.17) is 4.74 Å². The molecule has 10 heteroatoms. The Morgan fingerprint density at radius 2 is 1.26 bits per heavy atom. The molecule has 0 spiro atoms. The first-order valence-corrected chi connectivity index (χ1v) is 7.29. The molecule has 10 nitrogen and oxygen atoms in total. The highest BCUT2D eigenvalue weighted by Crippen LogP contribution is 2.39. The van der Waals surface area contributed by atoms with Gasteiger partial charge in [0.2, 0.25) is 5.75 Å². The van der Waals surface area contributed by atoms with Crippen LogP contribution in [0.1, 0.15) is 27.6 Å². The molecule has 5 N–H and O–H groups in total. The number of benzene rings is 2. The van der Waals surface area contributed by atoms with Crippen molar-refractivity contribution in [3.63, 3.8) is 0 Å². The van der Waals surface area contributed by atoms with E-state index < -0.39 is 64.4 Å². The van der Waals surface area contributed by atoms with E-state index in [-0.39, 0.29) is 5.56 Å². The minimum Gasteiger partial charge on any atom is -0.504 e. The second-order valence-corrected chi connectivity index (χ2v) is 5.37. The average molecular weight is 378 g/mol. The minimum absolute atomic E-state index is 0.314. The van der Waals surface area contributed by atoms with Gasteiger partial charge in [-0.2, -0.15) is 0 Å². The summed E-state index contributed by atoms with van der Waals surface area (Å²) in [5, 5.41) is 47.6. The zero-order valence-electron chi connectivity index (χ0n) is 13.8. The maximum atomic E-state index is 12.1. The Balaban J connectivity index is 2.31. The summed E-state index contributed by atoms with van der Waals surface area (Å²) in [4.78, 5) is 34.8. The van der Waals surface area contributed by atoms with Gasteiger partial charge in [-0.05, 0) is 31.2 Å². The largest absolute Gasteiger partial charge is 0.504 e. The van der Waals surface area contributed by atoms with Crippen molar-refractivity contribution in [3.05, 3.63) is 35.4 Å². The number of ketones is 1. The molecule has 0 amide bonds. The van der Waals surface area contributed by atoms with Crippen LogP contribution in [-0.4, -0.2) is 49.9 Å². The van der Waals surface area contributed by atoms with E-state index in [0.717, 1.165) is 24.3 Å². The van der Waals surface area contributed by atoms with Gasteiger partial charge >= 0.3 is 11.9 Å². The standard InChI is InChI=1S/C17H14O10/c1-7(18)6-26-16(24)9-4-12(21)15(23)13(5-9)27-17(25)8-2-10(19)14(22)11(20)3-8/h2-5,19-23H,6H2,1H3. The SMILES string of the molecule is CC(=O)COC(=O)c1cc(O)c(O)c(OC(=O)c2cc(O)c(O)c(O)c2)c1. The number of phenolic OH excluding ortho intramolecular Hbond substituents is 5. The second kappa shape index (κ2) is 7.52. The Kier molecular flexibility index (Phi) is 5.40. The highest BCUT2D eigenvalue weighted by molar-refractivity contribution is 5.95. The van der Waals surface area contributed by atoms with Crippen LogP contribution in [0, 0.1) is 0 Å². The molecule has 27 heavy (non-hydrogen) atoms. The van der Waals surface area contributed by atoms with Crippen LogP contribution in [0.5, 0.6) is 34.5 Å². The first-order valence-electron chi connectivity index (χ1n) is 7.29. The number of carbonyl (C=O) groups is 3. The smallest absolute Gasteiger partial charge is 0.343 e. The normalized spacial score (nSPS) is 10.3. The highest BCUT2D eigenvalue weighted by Gasteiger charge is 2.21. The first kappa shape index (κ1) is 19.4. The predicted molar refractivity (Wildman–Crippen MR) is 87.1 cm³/mol. The highest BCUT2D eigenvalue weighted by atomic mass is 16.5. The van der Waals surface area contributed by atoms with E-state index in [0.29, 0.717) is 0 Å². The zero-order chi connectivity index (χ0) is 20.3. The fourth-order valence-corrected chi connectivity index (χ4v) is 1.92. The molecule has 0 aliphatic carbocycles. The zero-order valence-corrected chi connectivity index (χ0v) is 13.8. The number of rotatable bonds is 5. The van der Waals surface area contributed by atoms with Gasteiger partial charge < -0.3 is 35.0 Å². The molecular formula is C17H14O10. The Labute approximate surface area is 151 Å². The maximum Gasteiger partial charge on any atom is 0.343 e. The van der Waals surface area contributed by atoms with Crippen LogP contribution in [0.4, 0.5) is 0 Å². The molecule has 0 saturated carbocycles. The summed E-state index contributed by atoms with van der Waals surface area (Å²) in [7, 11) is 0. The summed E-state index contributed by atoms with van der Waals surface area (Å²) in [5.41, 5.74) is -0.711. The Morgan fingerprint density at radius 3 is 1.78 bits per heavy atom. The lowest BCUT2D eigenvalue weighted by Gasteiger charge is -2.11. The number of carbonyl (C=O) groups excluding carboxylic acids is 3. The van der Waals surface area contributed by atoms with Gasteiger partial charge in [-0.1, -0.05) is 0 Å². The molecule has 0 bridgehead atoms. The Hall–Kier alpha value is -3.95. The number of phenols is 5. The van der Waals surface area contributed by atoms with Gasteiger partial charge in [0.25, 0.3) is 0 Å². The van der Waals surface area contributed by atoms with E-state index in [9.17, 15) is 39.9 Å². The molecule has 0 atom stereocenters. The van der Waals surface area contributed by atoms with Crippen molar-refractivity contribution < 1.29 is 49.4 Å². The van der Waals surface area contributed by atoms with Gasteiger partial charge in [0.15, 0.2) is 34.5 Å². The second-order valence-electron chi connectivity index (χ2n) is 5.37. The van der Waals surface area contributed by atoms with Crippen LogP contribution >= 0.6 is 0 Å². The van der Waals surface area contributed by atoms with Gasteiger partial charge in [-0.3, -0.25) is 4.79 Å². The summed E-state index contributed by atoms with van der Waals surface area (Å²) in [6, 6.07) is 3.31. The van der Waals surface area contributed by atoms with Crippen molar-refractivity contribution >= 4 is 17.7 Å². The third kappa shape index (κ3) is 4.37.